The van der Waals surface area contributed by atoms with E-state index in [0.29, 0.717) is 5.69 Å². The second kappa shape index (κ2) is 5.95. The Labute approximate surface area is 131 Å². The summed E-state index contributed by atoms with van der Waals surface area (Å²) in [5.74, 6) is -0.395. The molecule has 0 bridgehead atoms. The van der Waals surface area contributed by atoms with Crippen LogP contribution in [0.5, 0.6) is 0 Å². The third kappa shape index (κ3) is 2.96. The Morgan fingerprint density at radius 3 is 2.73 bits per heavy atom. The fourth-order valence-corrected chi connectivity index (χ4v) is 2.02. The van der Waals surface area contributed by atoms with Crippen LogP contribution in [-0.4, -0.2) is 25.9 Å². The minimum Gasteiger partial charge on any atom is -0.318 e. The fraction of sp³-hybridized carbons (Fsp3) is 0.0667. The number of aromatic nitrogens is 4. The molecule has 0 spiro atoms. The van der Waals surface area contributed by atoms with Gasteiger partial charge in [0, 0.05) is 6.20 Å². The van der Waals surface area contributed by atoms with E-state index in [9.17, 15) is 4.79 Å². The number of carbonyl (C=O) groups is 1. The summed E-state index contributed by atoms with van der Waals surface area (Å²) in [5.41, 5.74) is 2.60. The summed E-state index contributed by atoms with van der Waals surface area (Å²) in [6.45, 7) is 2.00. The lowest BCUT2D eigenvalue weighted by molar-refractivity contribution is 0.102. The van der Waals surface area contributed by atoms with Crippen LogP contribution in [-0.2, 0) is 0 Å². The summed E-state index contributed by atoms with van der Waals surface area (Å²) in [6.07, 6.45) is 3.11. The molecule has 0 saturated heterocycles. The first-order chi connectivity index (χ1) is 10.6. The molecule has 2 heterocycles. The Morgan fingerprint density at radius 1 is 1.23 bits per heavy atom. The minimum atomic E-state index is -0.395. The Morgan fingerprint density at radius 2 is 2.00 bits per heavy atom. The van der Waals surface area contributed by atoms with Crippen LogP contribution in [0.2, 0.25) is 5.15 Å². The highest BCUT2D eigenvalue weighted by atomic mass is 35.5. The Hall–Kier alpha value is -2.73. The van der Waals surface area contributed by atoms with Crippen LogP contribution < -0.4 is 5.32 Å². The van der Waals surface area contributed by atoms with Gasteiger partial charge in [0.15, 0.2) is 10.8 Å². The summed E-state index contributed by atoms with van der Waals surface area (Å²) in [7, 11) is 0. The third-order valence-corrected chi connectivity index (χ3v) is 3.33. The lowest BCUT2D eigenvalue weighted by atomic mass is 10.2. The predicted molar refractivity (Wildman–Crippen MR) is 83.3 cm³/mol. The topological polar surface area (TPSA) is 72.7 Å². The predicted octanol–water partition coefficient (Wildman–Crippen LogP) is 2.88. The first-order valence-electron chi connectivity index (χ1n) is 6.55. The maximum absolute atomic E-state index is 12.2. The Bertz CT molecular complexity index is 813. The van der Waals surface area contributed by atoms with Crippen molar-refractivity contribution < 1.29 is 4.79 Å². The second-order valence-electron chi connectivity index (χ2n) is 4.68. The molecule has 2 aromatic heterocycles. The van der Waals surface area contributed by atoms with Gasteiger partial charge in [-0.15, -0.1) is 5.10 Å². The van der Waals surface area contributed by atoms with Gasteiger partial charge in [-0.05, 0) is 31.2 Å². The van der Waals surface area contributed by atoms with Crippen molar-refractivity contribution in [2.75, 3.05) is 5.32 Å². The smallest absolute Gasteiger partial charge is 0.277 e. The molecule has 0 aliphatic rings. The van der Waals surface area contributed by atoms with Gasteiger partial charge >= 0.3 is 0 Å². The van der Waals surface area contributed by atoms with E-state index >= 15 is 0 Å². The number of rotatable bonds is 3. The van der Waals surface area contributed by atoms with E-state index < -0.39 is 5.91 Å². The molecule has 3 aromatic rings. The zero-order valence-electron chi connectivity index (χ0n) is 11.7. The maximum Gasteiger partial charge on any atom is 0.277 e. The van der Waals surface area contributed by atoms with Gasteiger partial charge in [0.1, 0.15) is 0 Å². The highest BCUT2D eigenvalue weighted by Crippen LogP contribution is 2.18. The van der Waals surface area contributed by atoms with E-state index in [1.165, 1.54) is 0 Å². The average Bonchev–Trinajstić information content (AvgIpc) is 3.00. The molecule has 0 atom stereocenters. The fourth-order valence-electron chi connectivity index (χ4n) is 1.86. The molecule has 6 nitrogen and oxygen atoms in total. The van der Waals surface area contributed by atoms with Gasteiger partial charge in [-0.1, -0.05) is 34.5 Å². The van der Waals surface area contributed by atoms with Gasteiger partial charge in [-0.25, -0.2) is 9.67 Å². The summed E-state index contributed by atoms with van der Waals surface area (Å²) in [6, 6.07) is 11.1. The normalized spacial score (nSPS) is 10.5. The van der Waals surface area contributed by atoms with Crippen LogP contribution in [0.25, 0.3) is 5.69 Å². The van der Waals surface area contributed by atoms with Gasteiger partial charge in [0.25, 0.3) is 5.91 Å². The molecule has 0 radical (unpaired) electrons. The van der Waals surface area contributed by atoms with Crippen molar-refractivity contribution in [1.82, 2.24) is 20.0 Å². The molecule has 110 valence electrons. The number of halogens is 1. The number of hydrogen-bond acceptors (Lipinski definition) is 4. The highest BCUT2D eigenvalue weighted by molar-refractivity contribution is 6.32. The van der Waals surface area contributed by atoms with E-state index in [1.54, 1.807) is 29.2 Å². The zero-order valence-corrected chi connectivity index (χ0v) is 12.4. The van der Waals surface area contributed by atoms with Crippen LogP contribution in [0.4, 0.5) is 5.69 Å². The molecule has 7 heteroatoms. The molecule has 1 aromatic carbocycles. The number of nitrogens with one attached hydrogen (secondary N) is 1. The number of anilines is 1. The molecular weight excluding hydrogens is 302 g/mol. The molecule has 0 aliphatic carbocycles. The average molecular weight is 314 g/mol. The van der Waals surface area contributed by atoms with Gasteiger partial charge in [0.2, 0.25) is 0 Å². The van der Waals surface area contributed by atoms with Gasteiger partial charge in [-0.3, -0.25) is 4.79 Å². The quantitative estimate of drug-likeness (QED) is 0.755. The molecule has 22 heavy (non-hydrogen) atoms. The van der Waals surface area contributed by atoms with Crippen molar-refractivity contribution >= 4 is 23.2 Å². The SMILES string of the molecule is Cc1ccc(-n2cc(C(=O)Nc3cccnc3Cl)nn2)cc1. The van der Waals surface area contributed by atoms with Crippen LogP contribution in [0.1, 0.15) is 16.1 Å². The summed E-state index contributed by atoms with van der Waals surface area (Å²) in [4.78, 5) is 16.0. The Kier molecular flexibility index (Phi) is 3.84. The number of carbonyl (C=O) groups excluding carboxylic acids is 1. The first-order valence-corrected chi connectivity index (χ1v) is 6.92. The minimum absolute atomic E-state index is 0.195. The Balaban J connectivity index is 1.80. The monoisotopic (exact) mass is 313 g/mol. The highest BCUT2D eigenvalue weighted by Gasteiger charge is 2.13. The van der Waals surface area contributed by atoms with E-state index in [-0.39, 0.29) is 10.8 Å². The molecule has 0 fully saturated rings. The van der Waals surface area contributed by atoms with Crippen molar-refractivity contribution in [2.45, 2.75) is 6.92 Å². The lowest BCUT2D eigenvalue weighted by Gasteiger charge is -2.03. The van der Waals surface area contributed by atoms with E-state index in [4.69, 9.17) is 11.6 Å². The van der Waals surface area contributed by atoms with Crippen molar-refractivity contribution in [3.8, 4) is 5.69 Å². The van der Waals surface area contributed by atoms with Crippen molar-refractivity contribution in [3.63, 3.8) is 0 Å². The lowest BCUT2D eigenvalue weighted by Crippen LogP contribution is -2.13. The summed E-state index contributed by atoms with van der Waals surface area (Å²) in [5, 5.41) is 10.7. The van der Waals surface area contributed by atoms with Gasteiger partial charge in [-0.2, -0.15) is 0 Å². The van der Waals surface area contributed by atoms with Crippen LogP contribution in [0.3, 0.4) is 0 Å². The first kappa shape index (κ1) is 14.2. The molecule has 0 aliphatic heterocycles. The number of benzene rings is 1. The van der Waals surface area contributed by atoms with Gasteiger partial charge in [0.05, 0.1) is 17.6 Å². The van der Waals surface area contributed by atoms with Crippen LogP contribution in [0, 0.1) is 6.92 Å². The van der Waals surface area contributed by atoms with Crippen LogP contribution in [0.15, 0.2) is 48.8 Å². The molecule has 0 unspecified atom stereocenters. The molecule has 1 N–H and O–H groups in total. The summed E-state index contributed by atoms with van der Waals surface area (Å²) >= 11 is 5.90. The molecule has 0 saturated carbocycles. The number of amides is 1. The van der Waals surface area contributed by atoms with Crippen molar-refractivity contribution in [2.24, 2.45) is 0 Å². The van der Waals surface area contributed by atoms with Crippen molar-refractivity contribution in [3.05, 3.63) is 65.2 Å². The van der Waals surface area contributed by atoms with E-state index in [2.05, 4.69) is 20.6 Å². The number of pyridine rings is 1. The molecule has 1 amide bonds. The number of nitrogens with zero attached hydrogens (tertiary/aromatic N) is 4. The van der Waals surface area contributed by atoms with E-state index in [1.807, 2.05) is 31.2 Å². The largest absolute Gasteiger partial charge is 0.318 e. The van der Waals surface area contributed by atoms with Gasteiger partial charge < -0.3 is 5.32 Å². The number of hydrogen-bond donors (Lipinski definition) is 1. The number of aryl methyl sites for hydroxylation is 1. The standard InChI is InChI=1S/C15H12ClN5O/c1-10-4-6-11(7-5-10)21-9-13(19-20-21)15(22)18-12-3-2-8-17-14(12)16/h2-9H,1H3,(H,18,22). The van der Waals surface area contributed by atoms with Crippen molar-refractivity contribution in [1.29, 1.82) is 0 Å². The maximum atomic E-state index is 12.2. The summed E-state index contributed by atoms with van der Waals surface area (Å²) < 4.78 is 1.54. The zero-order chi connectivity index (χ0) is 15.5. The third-order valence-electron chi connectivity index (χ3n) is 3.03. The van der Waals surface area contributed by atoms with Crippen LogP contribution >= 0.6 is 11.6 Å². The second-order valence-corrected chi connectivity index (χ2v) is 5.04. The van der Waals surface area contributed by atoms with E-state index in [0.717, 1.165) is 11.3 Å². The molecule has 3 rings (SSSR count). The molecular formula is C15H12ClN5O.